The molecule has 0 saturated carbocycles. The molecule has 0 unspecified atom stereocenters. The zero-order valence-electron chi connectivity index (χ0n) is 19.0. The van der Waals surface area contributed by atoms with Crippen molar-refractivity contribution in [2.24, 2.45) is 0 Å². The van der Waals surface area contributed by atoms with Crippen LogP contribution in [-0.4, -0.2) is 17.5 Å². The van der Waals surface area contributed by atoms with Crippen LogP contribution in [-0.2, 0) is 10.8 Å². The van der Waals surface area contributed by atoms with Gasteiger partial charge in [0.25, 0.3) is 6.73 Å². The lowest BCUT2D eigenvalue weighted by Crippen LogP contribution is -2.27. The summed E-state index contributed by atoms with van der Waals surface area (Å²) in [7, 11) is 0. The monoisotopic (exact) mass is 398 g/mol. The summed E-state index contributed by atoms with van der Waals surface area (Å²) in [5.74, 6) is 0.999. The number of rotatable bonds is 3. The van der Waals surface area contributed by atoms with Crippen LogP contribution in [0.2, 0.25) is 0 Å². The van der Waals surface area contributed by atoms with Crippen LogP contribution in [0.3, 0.4) is 0 Å². The van der Waals surface area contributed by atoms with Gasteiger partial charge in [-0.1, -0.05) is 89.2 Å². The highest BCUT2D eigenvalue weighted by molar-refractivity contribution is 5.83. The molecule has 0 spiro atoms. The van der Waals surface area contributed by atoms with Crippen molar-refractivity contribution >= 4 is 11.9 Å². The minimum atomic E-state index is -0.142. The first-order valence-electron chi connectivity index (χ1n) is 10.7. The highest BCUT2D eigenvalue weighted by Gasteiger charge is 2.32. The van der Waals surface area contributed by atoms with E-state index in [1.165, 1.54) is 27.9 Å². The molecule has 1 heterocycles. The van der Waals surface area contributed by atoms with E-state index in [1.54, 1.807) is 0 Å². The SMILES string of the molecule is Cc1cc2c(c(C(C)(C)c3ccccc3)c1)OC[N+](c1ccccc1C(C)(C)C)=C2. The molecule has 0 atom stereocenters. The molecule has 0 N–H and O–H groups in total. The number of benzene rings is 3. The van der Waals surface area contributed by atoms with Gasteiger partial charge in [-0.3, -0.25) is 0 Å². The maximum atomic E-state index is 6.45. The summed E-state index contributed by atoms with van der Waals surface area (Å²) in [6, 6.07) is 23.8. The molecular weight excluding hydrogens is 366 g/mol. The minimum Gasteiger partial charge on any atom is -0.435 e. The average Bonchev–Trinajstić information content (AvgIpc) is 2.72. The Labute approximate surface area is 180 Å². The minimum absolute atomic E-state index is 0.0672. The van der Waals surface area contributed by atoms with Crippen molar-refractivity contribution in [3.05, 3.63) is 94.5 Å². The second-order valence-electron chi connectivity index (χ2n) is 9.86. The average molecular weight is 399 g/mol. The molecule has 0 saturated heterocycles. The van der Waals surface area contributed by atoms with Gasteiger partial charge in [-0.2, -0.15) is 4.58 Å². The van der Waals surface area contributed by atoms with Crippen LogP contribution in [0.1, 0.15) is 62.4 Å². The van der Waals surface area contributed by atoms with Crippen LogP contribution in [0.15, 0.2) is 66.7 Å². The number of hydrogen-bond acceptors (Lipinski definition) is 1. The molecule has 4 rings (SSSR count). The van der Waals surface area contributed by atoms with Crippen molar-refractivity contribution in [2.45, 2.75) is 52.4 Å². The van der Waals surface area contributed by atoms with E-state index in [2.05, 4.69) is 119 Å². The van der Waals surface area contributed by atoms with Crippen LogP contribution in [0.25, 0.3) is 0 Å². The van der Waals surface area contributed by atoms with Crippen LogP contribution in [0.4, 0.5) is 5.69 Å². The summed E-state index contributed by atoms with van der Waals surface area (Å²) in [6.07, 6.45) is 2.25. The molecule has 154 valence electrons. The van der Waals surface area contributed by atoms with Crippen molar-refractivity contribution in [3.63, 3.8) is 0 Å². The maximum absolute atomic E-state index is 6.45. The number of para-hydroxylation sites is 1. The third kappa shape index (κ3) is 3.67. The zero-order chi connectivity index (χ0) is 21.5. The van der Waals surface area contributed by atoms with Crippen molar-refractivity contribution in [2.75, 3.05) is 6.73 Å². The maximum Gasteiger partial charge on any atom is 0.292 e. The van der Waals surface area contributed by atoms with Gasteiger partial charge in [0.05, 0.1) is 5.56 Å². The Morgan fingerprint density at radius 2 is 1.47 bits per heavy atom. The summed E-state index contributed by atoms with van der Waals surface area (Å²) in [6.45, 7) is 14.0. The van der Waals surface area contributed by atoms with Gasteiger partial charge in [0.2, 0.25) is 5.69 Å². The summed E-state index contributed by atoms with van der Waals surface area (Å²) in [4.78, 5) is 0. The second-order valence-corrected chi connectivity index (χ2v) is 9.86. The molecule has 1 aliphatic rings. The molecular formula is C28H32NO+. The first kappa shape index (κ1) is 20.4. The highest BCUT2D eigenvalue weighted by atomic mass is 16.5. The molecule has 2 heteroatoms. The lowest BCUT2D eigenvalue weighted by atomic mass is 9.76. The first-order valence-corrected chi connectivity index (χ1v) is 10.7. The van der Waals surface area contributed by atoms with Crippen molar-refractivity contribution in [1.29, 1.82) is 0 Å². The van der Waals surface area contributed by atoms with Crippen LogP contribution < -0.4 is 4.74 Å². The van der Waals surface area contributed by atoms with Crippen LogP contribution in [0, 0.1) is 6.92 Å². The van der Waals surface area contributed by atoms with Gasteiger partial charge in [-0.05, 0) is 29.5 Å². The largest absolute Gasteiger partial charge is 0.435 e. The molecule has 2 nitrogen and oxygen atoms in total. The quantitative estimate of drug-likeness (QED) is 0.445. The highest BCUT2D eigenvalue weighted by Crippen LogP contribution is 2.41. The van der Waals surface area contributed by atoms with Crippen molar-refractivity contribution in [3.8, 4) is 5.75 Å². The molecule has 1 aliphatic heterocycles. The van der Waals surface area contributed by atoms with Gasteiger partial charge < -0.3 is 4.74 Å². The Bertz CT molecular complexity index is 1100. The zero-order valence-corrected chi connectivity index (χ0v) is 19.0. The van der Waals surface area contributed by atoms with E-state index in [4.69, 9.17) is 4.74 Å². The summed E-state index contributed by atoms with van der Waals surface area (Å²) in [5, 5.41) is 0. The Kier molecular flexibility index (Phi) is 5.05. The molecule has 3 aromatic carbocycles. The van der Waals surface area contributed by atoms with Crippen LogP contribution >= 0.6 is 0 Å². The summed E-state index contributed by atoms with van der Waals surface area (Å²) >= 11 is 0. The van der Waals surface area contributed by atoms with Gasteiger partial charge in [-0.25, -0.2) is 0 Å². The normalized spacial score (nSPS) is 14.0. The van der Waals surface area contributed by atoms with E-state index >= 15 is 0 Å². The number of nitrogens with zero attached hydrogens (tertiary/aromatic N) is 1. The predicted octanol–water partition coefficient (Wildman–Crippen LogP) is 6.73. The number of hydrogen-bond donors (Lipinski definition) is 0. The Hall–Kier alpha value is -2.87. The smallest absolute Gasteiger partial charge is 0.292 e. The van der Waals surface area contributed by atoms with Crippen LogP contribution in [0.5, 0.6) is 5.75 Å². The Balaban J connectivity index is 1.85. The number of fused-ring (bicyclic) bond motifs is 1. The van der Waals surface area contributed by atoms with Gasteiger partial charge in [0.1, 0.15) is 5.75 Å². The fourth-order valence-electron chi connectivity index (χ4n) is 4.37. The first-order chi connectivity index (χ1) is 14.2. The number of aryl methyl sites for hydroxylation is 1. The van der Waals surface area contributed by atoms with Gasteiger partial charge in [0, 0.05) is 22.6 Å². The molecule has 30 heavy (non-hydrogen) atoms. The molecule has 3 aromatic rings. The lowest BCUT2D eigenvalue weighted by Gasteiger charge is -2.30. The number of ether oxygens (including phenoxy) is 1. The summed E-state index contributed by atoms with van der Waals surface area (Å²) in [5.41, 5.74) is 7.38. The van der Waals surface area contributed by atoms with E-state index in [9.17, 15) is 0 Å². The molecule has 0 bridgehead atoms. The lowest BCUT2D eigenvalue weighted by molar-refractivity contribution is -0.477. The molecule has 0 aliphatic carbocycles. The summed E-state index contributed by atoms with van der Waals surface area (Å²) < 4.78 is 8.68. The van der Waals surface area contributed by atoms with E-state index in [0.717, 1.165) is 11.3 Å². The fraction of sp³-hybridized carbons (Fsp3) is 0.321. The molecule has 0 radical (unpaired) electrons. The molecule has 0 amide bonds. The van der Waals surface area contributed by atoms with E-state index in [-0.39, 0.29) is 10.8 Å². The molecule has 0 aromatic heterocycles. The third-order valence-corrected chi connectivity index (χ3v) is 6.10. The van der Waals surface area contributed by atoms with Crippen molar-refractivity contribution in [1.82, 2.24) is 0 Å². The Morgan fingerprint density at radius 3 is 2.17 bits per heavy atom. The van der Waals surface area contributed by atoms with Crippen molar-refractivity contribution < 1.29 is 9.31 Å². The Morgan fingerprint density at radius 1 is 0.800 bits per heavy atom. The second kappa shape index (κ2) is 7.43. The standard InChI is InChI=1S/C28H32NO/c1-20-16-21-18-29(25-15-11-10-14-23(25)27(2,3)4)19-30-26(21)24(17-20)28(5,6)22-12-8-7-9-13-22/h7-18H,19H2,1-6H3/q+1. The topological polar surface area (TPSA) is 12.2 Å². The predicted molar refractivity (Wildman–Crippen MR) is 125 cm³/mol. The third-order valence-electron chi connectivity index (χ3n) is 6.10. The van der Waals surface area contributed by atoms with Gasteiger partial charge >= 0.3 is 0 Å². The van der Waals surface area contributed by atoms with E-state index < -0.39 is 0 Å². The van der Waals surface area contributed by atoms with Gasteiger partial charge in [-0.15, -0.1) is 0 Å². The van der Waals surface area contributed by atoms with Gasteiger partial charge in [0.15, 0.2) is 6.21 Å². The molecule has 0 fully saturated rings. The van der Waals surface area contributed by atoms with E-state index in [1.807, 2.05) is 0 Å². The van der Waals surface area contributed by atoms with E-state index in [0.29, 0.717) is 6.73 Å². The fourth-order valence-corrected chi connectivity index (χ4v) is 4.37.